The van der Waals surface area contributed by atoms with Gasteiger partial charge in [-0.1, -0.05) is 12.1 Å². The van der Waals surface area contributed by atoms with Gasteiger partial charge in [0.1, 0.15) is 19.0 Å². The molecule has 5 nitrogen and oxygen atoms in total. The Balaban J connectivity index is 1.82. The van der Waals surface area contributed by atoms with Gasteiger partial charge in [0.2, 0.25) is 5.75 Å². The van der Waals surface area contributed by atoms with Crippen LogP contribution < -0.4 is 9.47 Å². The smallest absolute Gasteiger partial charge is 0.203 e. The lowest BCUT2D eigenvalue weighted by Gasteiger charge is -2.32. The van der Waals surface area contributed by atoms with E-state index in [9.17, 15) is 5.11 Å². The van der Waals surface area contributed by atoms with Crippen LogP contribution in [0.4, 0.5) is 0 Å². The molecule has 4 atom stereocenters. The van der Waals surface area contributed by atoms with Crippen molar-refractivity contribution in [3.8, 4) is 17.2 Å². The van der Waals surface area contributed by atoms with E-state index in [1.165, 1.54) is 0 Å². The van der Waals surface area contributed by atoms with Crippen LogP contribution >= 0.6 is 0 Å². The largest absolute Gasteiger partial charge is 0.504 e. The highest BCUT2D eigenvalue weighted by Gasteiger charge is 2.49. The van der Waals surface area contributed by atoms with Gasteiger partial charge in [-0.25, -0.2) is 0 Å². The minimum absolute atomic E-state index is 0.00518. The summed E-state index contributed by atoms with van der Waals surface area (Å²) < 4.78 is 22.7. The van der Waals surface area contributed by atoms with Gasteiger partial charge in [-0.2, -0.15) is 0 Å². The minimum atomic E-state index is -0.127. The summed E-state index contributed by atoms with van der Waals surface area (Å²) in [4.78, 5) is 0. The van der Waals surface area contributed by atoms with Gasteiger partial charge < -0.3 is 24.1 Å². The summed E-state index contributed by atoms with van der Waals surface area (Å²) in [5, 5.41) is 9.88. The third-order valence-electron chi connectivity index (χ3n) is 4.06. The van der Waals surface area contributed by atoms with Crippen molar-refractivity contribution in [1.82, 2.24) is 0 Å². The molecule has 114 valence electrons. The molecule has 1 saturated carbocycles. The Hall–Kier alpha value is -1.72. The molecule has 1 aliphatic carbocycles. The number of methoxy groups -OCH3 is 1. The fraction of sp³-hybridized carbons (Fsp3) is 0.500. The van der Waals surface area contributed by atoms with Gasteiger partial charge in [-0.3, -0.25) is 0 Å². The van der Waals surface area contributed by atoms with Gasteiger partial charge in [0.15, 0.2) is 11.5 Å². The summed E-state index contributed by atoms with van der Waals surface area (Å²) in [6.07, 6.45) is 3.14. The average molecular weight is 292 g/mol. The third-order valence-corrected chi connectivity index (χ3v) is 4.06. The molecule has 0 spiro atoms. The summed E-state index contributed by atoms with van der Waals surface area (Å²) in [5.74, 6) is 1.27. The number of ether oxygens (including phenoxy) is 4. The Labute approximate surface area is 124 Å². The number of benzene rings is 1. The van der Waals surface area contributed by atoms with Crippen LogP contribution in [0.3, 0.4) is 0 Å². The van der Waals surface area contributed by atoms with E-state index in [2.05, 4.69) is 6.58 Å². The molecule has 0 aromatic heterocycles. The van der Waals surface area contributed by atoms with Crippen molar-refractivity contribution in [2.45, 2.75) is 31.2 Å². The van der Waals surface area contributed by atoms with E-state index in [1.54, 1.807) is 25.3 Å². The molecule has 0 bridgehead atoms. The molecule has 1 aromatic carbocycles. The van der Waals surface area contributed by atoms with E-state index in [-0.39, 0.29) is 36.8 Å². The monoisotopic (exact) mass is 292 g/mol. The minimum Gasteiger partial charge on any atom is -0.504 e. The topological polar surface area (TPSA) is 57.2 Å². The molecule has 1 aliphatic heterocycles. The normalized spacial score (nSPS) is 30.0. The molecule has 0 radical (unpaired) electrons. The molecule has 1 heterocycles. The quantitative estimate of drug-likeness (QED) is 0.667. The number of hydrogen-bond acceptors (Lipinski definition) is 5. The van der Waals surface area contributed by atoms with Crippen molar-refractivity contribution >= 4 is 0 Å². The fourth-order valence-corrected chi connectivity index (χ4v) is 3.14. The van der Waals surface area contributed by atoms with Gasteiger partial charge in [-0.15, -0.1) is 6.58 Å². The van der Waals surface area contributed by atoms with Crippen LogP contribution in [-0.4, -0.2) is 37.3 Å². The molecular formula is C16H20O5. The van der Waals surface area contributed by atoms with E-state index < -0.39 is 0 Å². The Morgan fingerprint density at radius 1 is 1.43 bits per heavy atom. The first-order chi connectivity index (χ1) is 10.2. The van der Waals surface area contributed by atoms with E-state index in [1.807, 2.05) is 6.08 Å². The lowest BCUT2D eigenvalue weighted by atomic mass is 9.98. The second-order valence-corrected chi connectivity index (χ2v) is 5.38. The number of fused-ring (bicyclic) bond motifs is 2. The van der Waals surface area contributed by atoms with Crippen LogP contribution in [0.25, 0.3) is 0 Å². The van der Waals surface area contributed by atoms with Crippen molar-refractivity contribution in [1.29, 1.82) is 0 Å². The van der Waals surface area contributed by atoms with Crippen molar-refractivity contribution in [2.24, 2.45) is 5.92 Å². The maximum atomic E-state index is 9.88. The highest BCUT2D eigenvalue weighted by molar-refractivity contribution is 5.51. The van der Waals surface area contributed by atoms with Crippen molar-refractivity contribution < 1.29 is 24.1 Å². The zero-order valence-corrected chi connectivity index (χ0v) is 12.0. The number of hydrogen-bond donors (Lipinski definition) is 1. The first-order valence-corrected chi connectivity index (χ1v) is 7.11. The summed E-state index contributed by atoms with van der Waals surface area (Å²) in [5.41, 5.74) is 0. The van der Waals surface area contributed by atoms with E-state index in [0.717, 1.165) is 6.42 Å². The molecule has 5 heteroatoms. The molecule has 1 aromatic rings. The molecule has 0 unspecified atom stereocenters. The summed E-state index contributed by atoms with van der Waals surface area (Å²) >= 11 is 0. The van der Waals surface area contributed by atoms with Gasteiger partial charge in [0.05, 0.1) is 6.10 Å². The number of phenolic OH excluding ortho intramolecular Hbond substituents is 1. The SMILES string of the molecule is C=CC[C@H]1[C@@H]2Oc3cccc(O)c3O[C@@H]2C[C@@H]1OCOC. The summed E-state index contributed by atoms with van der Waals surface area (Å²) in [6.45, 7) is 4.06. The molecular weight excluding hydrogens is 272 g/mol. The highest BCUT2D eigenvalue weighted by atomic mass is 16.7. The van der Waals surface area contributed by atoms with Gasteiger partial charge in [-0.05, 0) is 18.6 Å². The Morgan fingerprint density at radius 3 is 3.05 bits per heavy atom. The zero-order valence-electron chi connectivity index (χ0n) is 12.0. The predicted molar refractivity (Wildman–Crippen MR) is 76.6 cm³/mol. The molecule has 1 N–H and O–H groups in total. The first-order valence-electron chi connectivity index (χ1n) is 7.11. The lowest BCUT2D eigenvalue weighted by molar-refractivity contribution is -0.0888. The fourth-order valence-electron chi connectivity index (χ4n) is 3.14. The van der Waals surface area contributed by atoms with Gasteiger partial charge in [0, 0.05) is 19.4 Å². The number of aromatic hydroxyl groups is 1. The Kier molecular flexibility index (Phi) is 4.03. The van der Waals surface area contributed by atoms with Crippen LogP contribution in [0.5, 0.6) is 17.2 Å². The summed E-state index contributed by atoms with van der Waals surface area (Å²) in [7, 11) is 1.60. The summed E-state index contributed by atoms with van der Waals surface area (Å²) in [6, 6.07) is 5.14. The second kappa shape index (κ2) is 5.95. The van der Waals surface area contributed by atoms with E-state index in [0.29, 0.717) is 17.9 Å². The molecule has 21 heavy (non-hydrogen) atoms. The maximum Gasteiger partial charge on any atom is 0.203 e. The first kappa shape index (κ1) is 14.2. The number of para-hydroxylation sites is 1. The predicted octanol–water partition coefficient (Wildman–Crippen LogP) is 2.49. The zero-order chi connectivity index (χ0) is 14.8. The van der Waals surface area contributed by atoms with Crippen LogP contribution in [-0.2, 0) is 9.47 Å². The molecule has 0 amide bonds. The van der Waals surface area contributed by atoms with Crippen LogP contribution in [0, 0.1) is 5.92 Å². The van der Waals surface area contributed by atoms with E-state index in [4.69, 9.17) is 18.9 Å². The Bertz CT molecular complexity index is 515. The molecule has 2 aliphatic rings. The second-order valence-electron chi connectivity index (χ2n) is 5.38. The van der Waals surface area contributed by atoms with E-state index >= 15 is 0 Å². The molecule has 0 saturated heterocycles. The van der Waals surface area contributed by atoms with Crippen LogP contribution in [0.2, 0.25) is 0 Å². The van der Waals surface area contributed by atoms with Crippen LogP contribution in [0.15, 0.2) is 30.9 Å². The van der Waals surface area contributed by atoms with Crippen LogP contribution in [0.1, 0.15) is 12.8 Å². The maximum absolute atomic E-state index is 9.88. The van der Waals surface area contributed by atoms with Crippen molar-refractivity contribution in [3.63, 3.8) is 0 Å². The Morgan fingerprint density at radius 2 is 2.29 bits per heavy atom. The standard InChI is InChI=1S/C16H20O5/c1-3-5-10-13(19-9-18-2)8-14-15(10)20-12-7-4-6-11(17)16(12)21-14/h3-4,6-7,10,13-15,17H,1,5,8-9H2,2H3/t10-,13+,14-,15+/m1/s1. The molecule has 3 rings (SSSR count). The van der Waals surface area contributed by atoms with Gasteiger partial charge >= 0.3 is 0 Å². The number of phenols is 1. The van der Waals surface area contributed by atoms with Crippen molar-refractivity contribution in [2.75, 3.05) is 13.9 Å². The average Bonchev–Trinajstić information content (AvgIpc) is 2.82. The lowest BCUT2D eigenvalue weighted by Crippen LogP contribution is -2.39. The number of rotatable bonds is 5. The van der Waals surface area contributed by atoms with Gasteiger partial charge in [0.25, 0.3) is 0 Å². The highest BCUT2D eigenvalue weighted by Crippen LogP contribution is 2.47. The third kappa shape index (κ3) is 2.59. The number of allylic oxidation sites excluding steroid dienone is 1. The molecule has 1 fully saturated rings. The van der Waals surface area contributed by atoms with Crippen molar-refractivity contribution in [3.05, 3.63) is 30.9 Å².